The van der Waals surface area contributed by atoms with Gasteiger partial charge in [-0.3, -0.25) is 14.6 Å². The number of pyridine rings is 1. The third kappa shape index (κ3) is 3.35. The van der Waals surface area contributed by atoms with Crippen LogP contribution in [0.25, 0.3) is 5.57 Å². The second-order valence-corrected chi connectivity index (χ2v) is 5.68. The maximum absolute atomic E-state index is 12.4. The SMILES string of the molecule is O=C(O)CCCC/C=C1/c2ccccc2NC(=O)c2cnccc21. The maximum Gasteiger partial charge on any atom is 0.303 e. The van der Waals surface area contributed by atoms with E-state index in [0.29, 0.717) is 12.0 Å². The zero-order chi connectivity index (χ0) is 16.9. The minimum Gasteiger partial charge on any atom is -0.481 e. The average molecular weight is 322 g/mol. The highest BCUT2D eigenvalue weighted by Gasteiger charge is 2.22. The fourth-order valence-electron chi connectivity index (χ4n) is 2.86. The Morgan fingerprint density at radius 2 is 1.96 bits per heavy atom. The van der Waals surface area contributed by atoms with Crippen LogP contribution in [0.15, 0.2) is 48.8 Å². The number of aliphatic carboxylic acids is 1. The Morgan fingerprint density at radius 1 is 1.12 bits per heavy atom. The molecule has 2 N–H and O–H groups in total. The molecule has 2 aromatic rings. The molecule has 1 amide bonds. The number of unbranched alkanes of at least 4 members (excludes halogenated alkanes) is 2. The van der Waals surface area contributed by atoms with Crippen molar-refractivity contribution < 1.29 is 14.7 Å². The molecule has 0 atom stereocenters. The first-order valence-corrected chi connectivity index (χ1v) is 7.94. The van der Waals surface area contributed by atoms with Crippen LogP contribution in [-0.2, 0) is 4.79 Å². The minimum absolute atomic E-state index is 0.167. The van der Waals surface area contributed by atoms with E-state index >= 15 is 0 Å². The predicted octanol–water partition coefficient (Wildman–Crippen LogP) is 3.72. The standard InChI is InChI=1S/C19H18N2O3/c22-18(23)9-3-1-2-6-13-14-10-11-20-12-16(14)19(24)21-17-8-5-4-7-15(13)17/h4-8,10-12H,1-3,9H2,(H,21,24)(H,22,23)/b13-6+. The number of allylic oxidation sites excluding steroid dienone is 1. The number of carbonyl (C=O) groups excluding carboxylic acids is 1. The number of aromatic nitrogens is 1. The molecule has 3 rings (SSSR count). The molecular weight excluding hydrogens is 304 g/mol. The van der Waals surface area contributed by atoms with Gasteiger partial charge >= 0.3 is 5.97 Å². The van der Waals surface area contributed by atoms with Crippen LogP contribution in [0, 0.1) is 0 Å². The Hall–Kier alpha value is -2.95. The summed E-state index contributed by atoms with van der Waals surface area (Å²) in [4.78, 5) is 27.1. The van der Waals surface area contributed by atoms with Gasteiger partial charge in [0.2, 0.25) is 0 Å². The summed E-state index contributed by atoms with van der Waals surface area (Å²) in [7, 11) is 0. The van der Waals surface area contributed by atoms with Gasteiger partial charge in [0.05, 0.1) is 5.56 Å². The molecule has 0 spiro atoms. The van der Waals surface area contributed by atoms with E-state index in [0.717, 1.165) is 35.2 Å². The largest absolute Gasteiger partial charge is 0.481 e. The summed E-state index contributed by atoms with van der Waals surface area (Å²) in [6.07, 6.45) is 7.71. The first kappa shape index (κ1) is 15.9. The molecule has 5 heteroatoms. The quantitative estimate of drug-likeness (QED) is 0.822. The molecule has 2 heterocycles. The molecule has 0 aliphatic carbocycles. The van der Waals surface area contributed by atoms with Crippen LogP contribution in [0.4, 0.5) is 5.69 Å². The molecule has 1 aliphatic rings. The number of benzene rings is 1. The summed E-state index contributed by atoms with van der Waals surface area (Å²) in [5, 5.41) is 11.6. The Labute approximate surface area is 140 Å². The molecular formula is C19H18N2O3. The number of nitrogens with zero attached hydrogens (tertiary/aromatic N) is 1. The molecule has 0 saturated heterocycles. The fraction of sp³-hybridized carbons (Fsp3) is 0.211. The number of amides is 1. The molecule has 24 heavy (non-hydrogen) atoms. The number of nitrogens with one attached hydrogen (secondary N) is 1. The normalized spacial score (nSPS) is 14.5. The monoisotopic (exact) mass is 322 g/mol. The van der Waals surface area contributed by atoms with E-state index < -0.39 is 5.97 Å². The van der Waals surface area contributed by atoms with Gasteiger partial charge in [-0.05, 0) is 42.5 Å². The van der Waals surface area contributed by atoms with Gasteiger partial charge < -0.3 is 10.4 Å². The van der Waals surface area contributed by atoms with Crippen molar-refractivity contribution in [3.8, 4) is 0 Å². The summed E-state index contributed by atoms with van der Waals surface area (Å²) in [6, 6.07) is 9.53. The van der Waals surface area contributed by atoms with E-state index in [1.54, 1.807) is 12.4 Å². The van der Waals surface area contributed by atoms with Crippen LogP contribution in [0.2, 0.25) is 0 Å². The Bertz CT molecular complexity index is 812. The number of anilines is 1. The van der Waals surface area contributed by atoms with Crippen LogP contribution < -0.4 is 5.32 Å². The Morgan fingerprint density at radius 3 is 2.79 bits per heavy atom. The van der Waals surface area contributed by atoms with Crippen molar-refractivity contribution in [1.29, 1.82) is 0 Å². The number of carboxylic acids is 1. The van der Waals surface area contributed by atoms with Gasteiger partial charge in [0.25, 0.3) is 5.91 Å². The lowest BCUT2D eigenvalue weighted by atomic mass is 9.94. The zero-order valence-corrected chi connectivity index (χ0v) is 13.2. The van der Waals surface area contributed by atoms with Crippen molar-refractivity contribution in [3.63, 3.8) is 0 Å². The number of carboxylic acid groups (broad SMARTS) is 1. The van der Waals surface area contributed by atoms with Gasteiger partial charge in [-0.2, -0.15) is 0 Å². The smallest absolute Gasteiger partial charge is 0.303 e. The Kier molecular flexibility index (Phi) is 4.70. The summed E-state index contributed by atoms with van der Waals surface area (Å²) < 4.78 is 0. The third-order valence-electron chi connectivity index (χ3n) is 4.01. The van der Waals surface area contributed by atoms with Crippen molar-refractivity contribution in [2.75, 3.05) is 5.32 Å². The van der Waals surface area contributed by atoms with Crippen LogP contribution in [-0.4, -0.2) is 22.0 Å². The van der Waals surface area contributed by atoms with Crippen LogP contribution in [0.5, 0.6) is 0 Å². The number of carbonyl (C=O) groups is 2. The fourth-order valence-corrected chi connectivity index (χ4v) is 2.86. The lowest BCUT2D eigenvalue weighted by Crippen LogP contribution is -2.11. The number of hydrogen-bond donors (Lipinski definition) is 2. The van der Waals surface area contributed by atoms with E-state index in [9.17, 15) is 9.59 Å². The highest BCUT2D eigenvalue weighted by atomic mass is 16.4. The molecule has 1 aliphatic heterocycles. The summed E-state index contributed by atoms with van der Waals surface area (Å²) >= 11 is 0. The lowest BCUT2D eigenvalue weighted by molar-refractivity contribution is -0.137. The molecule has 1 aromatic heterocycles. The van der Waals surface area contributed by atoms with Gasteiger partial charge in [0.15, 0.2) is 0 Å². The van der Waals surface area contributed by atoms with Gasteiger partial charge in [0, 0.05) is 30.1 Å². The molecule has 1 aromatic carbocycles. The molecule has 0 radical (unpaired) electrons. The van der Waals surface area contributed by atoms with Crippen LogP contribution in [0.1, 0.15) is 47.2 Å². The molecule has 5 nitrogen and oxygen atoms in total. The molecule has 122 valence electrons. The summed E-state index contributed by atoms with van der Waals surface area (Å²) in [6.45, 7) is 0. The van der Waals surface area contributed by atoms with Crippen LogP contribution in [0.3, 0.4) is 0 Å². The van der Waals surface area contributed by atoms with E-state index in [2.05, 4.69) is 16.4 Å². The minimum atomic E-state index is -0.770. The highest BCUT2D eigenvalue weighted by Crippen LogP contribution is 2.35. The second-order valence-electron chi connectivity index (χ2n) is 5.68. The molecule has 0 fully saturated rings. The van der Waals surface area contributed by atoms with Gasteiger partial charge in [-0.25, -0.2) is 0 Å². The maximum atomic E-state index is 12.4. The lowest BCUT2D eigenvalue weighted by Gasteiger charge is -2.10. The van der Waals surface area contributed by atoms with Crippen molar-refractivity contribution in [2.45, 2.75) is 25.7 Å². The number of hydrogen-bond acceptors (Lipinski definition) is 3. The van der Waals surface area contributed by atoms with E-state index in [1.807, 2.05) is 30.3 Å². The van der Waals surface area contributed by atoms with Crippen molar-refractivity contribution >= 4 is 23.1 Å². The topological polar surface area (TPSA) is 79.3 Å². The number of para-hydroxylation sites is 1. The van der Waals surface area contributed by atoms with Crippen molar-refractivity contribution in [2.24, 2.45) is 0 Å². The third-order valence-corrected chi connectivity index (χ3v) is 4.01. The Balaban J connectivity index is 1.96. The van der Waals surface area contributed by atoms with Crippen LogP contribution >= 0.6 is 0 Å². The number of rotatable bonds is 5. The van der Waals surface area contributed by atoms with Crippen molar-refractivity contribution in [3.05, 3.63) is 65.5 Å². The predicted molar refractivity (Wildman–Crippen MR) is 91.8 cm³/mol. The first-order chi connectivity index (χ1) is 11.7. The average Bonchev–Trinajstić information content (AvgIpc) is 2.70. The molecule has 0 bridgehead atoms. The highest BCUT2D eigenvalue weighted by molar-refractivity contribution is 6.12. The summed E-state index contributed by atoms with van der Waals surface area (Å²) in [5.41, 5.74) is 4.12. The van der Waals surface area contributed by atoms with E-state index in [-0.39, 0.29) is 12.3 Å². The first-order valence-electron chi connectivity index (χ1n) is 7.94. The van der Waals surface area contributed by atoms with Gasteiger partial charge in [0.1, 0.15) is 0 Å². The second kappa shape index (κ2) is 7.08. The van der Waals surface area contributed by atoms with E-state index in [4.69, 9.17) is 5.11 Å². The molecule has 0 saturated carbocycles. The zero-order valence-electron chi connectivity index (χ0n) is 13.2. The van der Waals surface area contributed by atoms with Crippen molar-refractivity contribution in [1.82, 2.24) is 4.98 Å². The van der Waals surface area contributed by atoms with E-state index in [1.165, 1.54) is 0 Å². The van der Waals surface area contributed by atoms with Gasteiger partial charge in [-0.15, -0.1) is 0 Å². The molecule has 0 unspecified atom stereocenters. The summed E-state index contributed by atoms with van der Waals surface area (Å²) in [5.74, 6) is -0.937. The van der Waals surface area contributed by atoms with Gasteiger partial charge in [-0.1, -0.05) is 24.3 Å². The number of fused-ring (bicyclic) bond motifs is 2.